The van der Waals surface area contributed by atoms with Crippen LogP contribution in [0.15, 0.2) is 65.6 Å². The number of amides is 2. The molecule has 0 aliphatic heterocycles. The number of hydrogen-bond acceptors (Lipinski definition) is 7. The van der Waals surface area contributed by atoms with Gasteiger partial charge in [0.2, 0.25) is 11.8 Å². The smallest absolute Gasteiger partial charge is 0.273 e. The van der Waals surface area contributed by atoms with Crippen LogP contribution in [-0.4, -0.2) is 55.8 Å². The SMILES string of the molecule is CCC(C)NC(=O)C(CC)N(Cc1ccc(C)cc1)C(=O)CN(c1cc(Cl)ccc1OC)S(=O)(=O)c1ccc(C)c([N+](=O)[O-])c1. The van der Waals surface area contributed by atoms with Crippen molar-refractivity contribution in [3.05, 3.63) is 92.5 Å². The maximum absolute atomic E-state index is 14.3. The molecule has 242 valence electrons. The monoisotopic (exact) mass is 658 g/mol. The van der Waals surface area contributed by atoms with Gasteiger partial charge >= 0.3 is 0 Å². The molecule has 45 heavy (non-hydrogen) atoms. The summed E-state index contributed by atoms with van der Waals surface area (Å²) in [6.45, 7) is 8.26. The van der Waals surface area contributed by atoms with E-state index in [0.717, 1.165) is 21.5 Å². The van der Waals surface area contributed by atoms with Crippen molar-refractivity contribution < 1.29 is 27.7 Å². The number of carbonyl (C=O) groups excluding carboxylic acids is 2. The number of methoxy groups -OCH3 is 1. The molecule has 0 bridgehead atoms. The molecular weight excluding hydrogens is 620 g/mol. The van der Waals surface area contributed by atoms with Gasteiger partial charge in [-0.2, -0.15) is 0 Å². The first-order valence-electron chi connectivity index (χ1n) is 14.5. The van der Waals surface area contributed by atoms with Crippen molar-refractivity contribution in [3.8, 4) is 5.75 Å². The first kappa shape index (κ1) is 35.3. The fourth-order valence-corrected chi connectivity index (χ4v) is 6.30. The lowest BCUT2D eigenvalue weighted by Crippen LogP contribution is -2.53. The molecule has 2 atom stereocenters. The van der Waals surface area contributed by atoms with Gasteiger partial charge in [0.05, 0.1) is 22.6 Å². The highest BCUT2D eigenvalue weighted by atomic mass is 35.5. The molecule has 3 rings (SSSR count). The Balaban J connectivity index is 2.18. The number of hydrogen-bond donors (Lipinski definition) is 1. The van der Waals surface area contributed by atoms with Gasteiger partial charge in [-0.25, -0.2) is 8.42 Å². The van der Waals surface area contributed by atoms with E-state index in [1.54, 1.807) is 6.92 Å². The molecule has 0 radical (unpaired) electrons. The molecule has 2 unspecified atom stereocenters. The second kappa shape index (κ2) is 15.2. The third-order valence-corrected chi connectivity index (χ3v) is 9.51. The van der Waals surface area contributed by atoms with Crippen LogP contribution in [-0.2, 0) is 26.2 Å². The molecule has 1 N–H and O–H groups in total. The molecule has 13 heteroatoms. The molecule has 3 aromatic rings. The first-order valence-corrected chi connectivity index (χ1v) is 16.3. The van der Waals surface area contributed by atoms with Crippen LogP contribution in [0, 0.1) is 24.0 Å². The molecular formula is C32H39ClN4O7S. The van der Waals surface area contributed by atoms with Crippen molar-refractivity contribution in [2.45, 2.75) is 71.0 Å². The third-order valence-electron chi connectivity index (χ3n) is 7.51. The van der Waals surface area contributed by atoms with E-state index >= 15 is 0 Å². The van der Waals surface area contributed by atoms with E-state index in [1.807, 2.05) is 45.0 Å². The van der Waals surface area contributed by atoms with Crippen LogP contribution in [0.25, 0.3) is 0 Å². The maximum atomic E-state index is 14.3. The number of nitrogens with zero attached hydrogens (tertiary/aromatic N) is 3. The highest BCUT2D eigenvalue weighted by molar-refractivity contribution is 7.92. The Morgan fingerprint density at radius 1 is 1.02 bits per heavy atom. The lowest BCUT2D eigenvalue weighted by atomic mass is 10.1. The summed E-state index contributed by atoms with van der Waals surface area (Å²) in [4.78, 5) is 39.7. The van der Waals surface area contributed by atoms with E-state index in [4.69, 9.17) is 16.3 Å². The first-order chi connectivity index (χ1) is 21.2. The van der Waals surface area contributed by atoms with Gasteiger partial charge < -0.3 is 15.0 Å². The molecule has 3 aromatic carbocycles. The van der Waals surface area contributed by atoms with Gasteiger partial charge in [-0.05, 0) is 63.4 Å². The number of anilines is 1. The number of ether oxygens (including phenoxy) is 1. The third kappa shape index (κ3) is 8.52. The van der Waals surface area contributed by atoms with Gasteiger partial charge in [0.15, 0.2) is 0 Å². The van der Waals surface area contributed by atoms with Crippen molar-refractivity contribution in [1.29, 1.82) is 0 Å². The summed E-state index contributed by atoms with van der Waals surface area (Å²) in [6, 6.07) is 14.2. The molecule has 0 heterocycles. The number of nitrogens with one attached hydrogen (secondary N) is 1. The average molecular weight is 659 g/mol. The zero-order chi connectivity index (χ0) is 33.5. The summed E-state index contributed by atoms with van der Waals surface area (Å²) < 4.78 is 34.8. The van der Waals surface area contributed by atoms with Gasteiger partial charge in [-0.15, -0.1) is 0 Å². The van der Waals surface area contributed by atoms with Crippen LogP contribution in [0.4, 0.5) is 11.4 Å². The molecule has 11 nitrogen and oxygen atoms in total. The fraction of sp³-hybridized carbons (Fsp3) is 0.375. The average Bonchev–Trinajstić information content (AvgIpc) is 3.00. The van der Waals surface area contributed by atoms with Crippen LogP contribution < -0.4 is 14.4 Å². The predicted octanol–water partition coefficient (Wildman–Crippen LogP) is 5.79. The minimum absolute atomic E-state index is 0.0299. The summed E-state index contributed by atoms with van der Waals surface area (Å²) >= 11 is 6.28. The van der Waals surface area contributed by atoms with E-state index in [-0.39, 0.29) is 46.9 Å². The van der Waals surface area contributed by atoms with Gasteiger partial charge in [-0.1, -0.05) is 61.3 Å². The summed E-state index contributed by atoms with van der Waals surface area (Å²) in [6.07, 6.45) is 0.939. The number of carbonyl (C=O) groups is 2. The highest BCUT2D eigenvalue weighted by Gasteiger charge is 2.36. The number of aryl methyl sites for hydroxylation is 2. The number of rotatable bonds is 14. The molecule has 0 aromatic heterocycles. The fourth-order valence-electron chi connectivity index (χ4n) is 4.70. The molecule has 0 spiro atoms. The van der Waals surface area contributed by atoms with Gasteiger partial charge in [0.1, 0.15) is 18.3 Å². The second-order valence-corrected chi connectivity index (χ2v) is 13.1. The zero-order valence-corrected chi connectivity index (χ0v) is 27.8. The van der Waals surface area contributed by atoms with Crippen LogP contribution in [0.1, 0.15) is 50.3 Å². The lowest BCUT2D eigenvalue weighted by molar-refractivity contribution is -0.385. The highest BCUT2D eigenvalue weighted by Crippen LogP contribution is 2.36. The molecule has 0 aliphatic carbocycles. The predicted molar refractivity (Wildman–Crippen MR) is 174 cm³/mol. The number of sulfonamides is 1. The summed E-state index contributed by atoms with van der Waals surface area (Å²) in [7, 11) is -3.28. The van der Waals surface area contributed by atoms with Crippen molar-refractivity contribution in [2.75, 3.05) is 18.0 Å². The Bertz CT molecular complexity index is 1650. The number of halogens is 1. The van der Waals surface area contributed by atoms with Crippen molar-refractivity contribution >= 4 is 44.8 Å². The van der Waals surface area contributed by atoms with Crippen LogP contribution >= 0.6 is 11.6 Å². The minimum atomic E-state index is -4.62. The number of benzene rings is 3. The van der Waals surface area contributed by atoms with Crippen LogP contribution in [0.3, 0.4) is 0 Å². The second-order valence-electron chi connectivity index (χ2n) is 10.8. The normalized spacial score (nSPS) is 12.6. The minimum Gasteiger partial charge on any atom is -0.495 e. The Morgan fingerprint density at radius 2 is 1.69 bits per heavy atom. The summed E-state index contributed by atoms with van der Waals surface area (Å²) in [5, 5.41) is 14.8. The standard InChI is InChI=1S/C32H39ClN4O7S/c1-7-23(5)34-32(39)27(8-2)35(19-24-12-9-21(3)10-13-24)31(38)20-36(29-17-25(33)14-16-30(29)44-6)45(42,43)26-15-11-22(4)28(18-26)37(40)41/h9-18,23,27H,7-8,19-20H2,1-6H3,(H,34,39). The van der Waals surface area contributed by atoms with Crippen LogP contribution in [0.5, 0.6) is 5.75 Å². The van der Waals surface area contributed by atoms with E-state index in [9.17, 15) is 28.1 Å². The van der Waals surface area contributed by atoms with Gasteiger partial charge in [0, 0.05) is 29.2 Å². The maximum Gasteiger partial charge on any atom is 0.273 e. The van der Waals surface area contributed by atoms with Gasteiger partial charge in [-0.3, -0.25) is 24.0 Å². The van der Waals surface area contributed by atoms with E-state index in [0.29, 0.717) is 6.42 Å². The van der Waals surface area contributed by atoms with E-state index in [1.165, 1.54) is 49.3 Å². The van der Waals surface area contributed by atoms with E-state index in [2.05, 4.69) is 5.32 Å². The van der Waals surface area contributed by atoms with Crippen molar-refractivity contribution in [2.24, 2.45) is 0 Å². The Kier molecular flexibility index (Phi) is 11.9. The Labute approximate surface area is 269 Å². The lowest BCUT2D eigenvalue weighted by Gasteiger charge is -2.34. The van der Waals surface area contributed by atoms with Gasteiger partial charge in [0.25, 0.3) is 15.7 Å². The molecule has 0 saturated carbocycles. The largest absolute Gasteiger partial charge is 0.495 e. The number of nitro benzene ring substituents is 1. The molecule has 2 amide bonds. The number of nitro groups is 1. The summed E-state index contributed by atoms with van der Waals surface area (Å²) in [5.41, 5.74) is 1.58. The van der Waals surface area contributed by atoms with Crippen molar-refractivity contribution in [3.63, 3.8) is 0 Å². The molecule has 0 fully saturated rings. The Hall–Kier alpha value is -4.16. The van der Waals surface area contributed by atoms with Crippen LogP contribution in [0.2, 0.25) is 5.02 Å². The summed E-state index contributed by atoms with van der Waals surface area (Å²) in [5.74, 6) is -0.936. The van der Waals surface area contributed by atoms with E-state index < -0.39 is 44.0 Å². The quantitative estimate of drug-likeness (QED) is 0.171. The molecule has 0 saturated heterocycles. The zero-order valence-electron chi connectivity index (χ0n) is 26.2. The Morgan fingerprint density at radius 3 is 2.27 bits per heavy atom. The molecule has 0 aliphatic rings. The van der Waals surface area contributed by atoms with Crippen molar-refractivity contribution in [1.82, 2.24) is 10.2 Å². The topological polar surface area (TPSA) is 139 Å².